The van der Waals surface area contributed by atoms with Crippen molar-refractivity contribution in [2.75, 3.05) is 20.2 Å². The maximum absolute atomic E-state index is 5.93. The second-order valence-electron chi connectivity index (χ2n) is 6.16. The number of aliphatic imine (C=N–C) groups is 1. The van der Waals surface area contributed by atoms with Gasteiger partial charge in [-0.15, -0.1) is 24.0 Å². The van der Waals surface area contributed by atoms with Crippen molar-refractivity contribution in [2.45, 2.75) is 13.2 Å². The molecule has 3 rings (SSSR count). The summed E-state index contributed by atoms with van der Waals surface area (Å²) in [5.41, 5.74) is 3.19. The summed E-state index contributed by atoms with van der Waals surface area (Å²) in [7, 11) is 1.75. The smallest absolute Gasteiger partial charge is 0.191 e. The Hall–Kier alpha value is -2.10. The standard InChI is InChI=1S/C21H24ClN5O.HI/c1-23-21(24-11-12-28-16-17-5-3-2-4-6-17)25-13-18-14-26-27(15-18)20-9-7-19(22)8-10-20;/h2-10,14-15H,11-13,16H2,1H3,(H2,23,24,25);1H. The van der Waals surface area contributed by atoms with Gasteiger partial charge in [0.25, 0.3) is 0 Å². The van der Waals surface area contributed by atoms with Crippen molar-refractivity contribution in [2.24, 2.45) is 4.99 Å². The van der Waals surface area contributed by atoms with Gasteiger partial charge in [-0.25, -0.2) is 4.68 Å². The third-order valence-electron chi connectivity index (χ3n) is 4.06. The third kappa shape index (κ3) is 7.68. The lowest BCUT2D eigenvalue weighted by Gasteiger charge is -2.11. The molecule has 154 valence electrons. The summed E-state index contributed by atoms with van der Waals surface area (Å²) in [6, 6.07) is 17.7. The molecule has 0 bridgehead atoms. The number of nitrogens with zero attached hydrogens (tertiary/aromatic N) is 3. The van der Waals surface area contributed by atoms with E-state index in [1.165, 1.54) is 5.56 Å². The van der Waals surface area contributed by atoms with Crippen LogP contribution in [-0.2, 0) is 17.9 Å². The van der Waals surface area contributed by atoms with E-state index in [1.807, 2.05) is 59.5 Å². The van der Waals surface area contributed by atoms with Crippen LogP contribution in [-0.4, -0.2) is 35.9 Å². The molecule has 2 aromatic carbocycles. The average Bonchev–Trinajstić information content (AvgIpc) is 3.20. The number of rotatable bonds is 8. The molecule has 0 saturated heterocycles. The van der Waals surface area contributed by atoms with E-state index < -0.39 is 0 Å². The van der Waals surface area contributed by atoms with Crippen LogP contribution in [0.4, 0.5) is 0 Å². The number of guanidine groups is 1. The van der Waals surface area contributed by atoms with Crippen molar-refractivity contribution in [3.8, 4) is 5.69 Å². The minimum absolute atomic E-state index is 0. The van der Waals surface area contributed by atoms with Gasteiger partial charge in [-0.05, 0) is 29.8 Å². The fourth-order valence-corrected chi connectivity index (χ4v) is 2.72. The molecule has 1 heterocycles. The molecule has 0 aliphatic rings. The van der Waals surface area contributed by atoms with Crippen molar-refractivity contribution in [3.05, 3.63) is 83.1 Å². The minimum Gasteiger partial charge on any atom is -0.375 e. The van der Waals surface area contributed by atoms with Gasteiger partial charge in [-0.2, -0.15) is 5.10 Å². The molecule has 0 spiro atoms. The molecule has 29 heavy (non-hydrogen) atoms. The van der Waals surface area contributed by atoms with Gasteiger partial charge in [0, 0.05) is 36.9 Å². The zero-order chi connectivity index (χ0) is 19.6. The number of hydrogen-bond donors (Lipinski definition) is 2. The van der Waals surface area contributed by atoms with Crippen LogP contribution in [0.5, 0.6) is 0 Å². The molecule has 0 fully saturated rings. The molecular weight excluding hydrogens is 501 g/mol. The average molecular weight is 526 g/mol. The van der Waals surface area contributed by atoms with E-state index in [4.69, 9.17) is 16.3 Å². The van der Waals surface area contributed by atoms with Gasteiger partial charge in [0.2, 0.25) is 0 Å². The van der Waals surface area contributed by atoms with Crippen LogP contribution in [0.2, 0.25) is 5.02 Å². The molecule has 8 heteroatoms. The molecule has 0 atom stereocenters. The summed E-state index contributed by atoms with van der Waals surface area (Å²) in [5, 5.41) is 11.6. The summed E-state index contributed by atoms with van der Waals surface area (Å²) >= 11 is 5.93. The normalized spacial score (nSPS) is 11.0. The van der Waals surface area contributed by atoms with Crippen molar-refractivity contribution >= 4 is 41.5 Å². The molecule has 0 saturated carbocycles. The molecule has 2 N–H and O–H groups in total. The predicted octanol–water partition coefficient (Wildman–Crippen LogP) is 4.03. The van der Waals surface area contributed by atoms with E-state index >= 15 is 0 Å². The van der Waals surface area contributed by atoms with Gasteiger partial charge in [-0.3, -0.25) is 4.99 Å². The first-order chi connectivity index (χ1) is 13.7. The summed E-state index contributed by atoms with van der Waals surface area (Å²) < 4.78 is 7.49. The van der Waals surface area contributed by atoms with E-state index in [1.54, 1.807) is 7.05 Å². The summed E-state index contributed by atoms with van der Waals surface area (Å²) in [4.78, 5) is 4.23. The molecule has 3 aromatic rings. The van der Waals surface area contributed by atoms with E-state index in [0.717, 1.165) is 17.2 Å². The lowest BCUT2D eigenvalue weighted by molar-refractivity contribution is 0.125. The van der Waals surface area contributed by atoms with Gasteiger partial charge >= 0.3 is 0 Å². The number of aromatic nitrogens is 2. The van der Waals surface area contributed by atoms with Gasteiger partial charge in [-0.1, -0.05) is 41.9 Å². The van der Waals surface area contributed by atoms with Crippen molar-refractivity contribution in [1.82, 2.24) is 20.4 Å². The molecule has 0 aliphatic heterocycles. The van der Waals surface area contributed by atoms with E-state index in [2.05, 4.69) is 32.9 Å². The highest BCUT2D eigenvalue weighted by Gasteiger charge is 2.03. The Morgan fingerprint density at radius 2 is 1.83 bits per heavy atom. The van der Waals surface area contributed by atoms with Gasteiger partial charge in [0.05, 0.1) is 25.1 Å². The lowest BCUT2D eigenvalue weighted by Crippen LogP contribution is -2.38. The molecular formula is C21H25ClIN5O. The zero-order valence-electron chi connectivity index (χ0n) is 16.2. The molecule has 0 radical (unpaired) electrons. The Kier molecular flexibility index (Phi) is 9.96. The van der Waals surface area contributed by atoms with Crippen LogP contribution in [0.1, 0.15) is 11.1 Å². The highest BCUT2D eigenvalue weighted by molar-refractivity contribution is 14.0. The largest absolute Gasteiger partial charge is 0.375 e. The highest BCUT2D eigenvalue weighted by Crippen LogP contribution is 2.13. The van der Waals surface area contributed by atoms with Gasteiger partial charge in [0.1, 0.15) is 0 Å². The van der Waals surface area contributed by atoms with Crippen molar-refractivity contribution < 1.29 is 4.74 Å². The predicted molar refractivity (Wildman–Crippen MR) is 128 cm³/mol. The third-order valence-corrected chi connectivity index (χ3v) is 4.31. The van der Waals surface area contributed by atoms with E-state index in [0.29, 0.717) is 31.3 Å². The molecule has 0 unspecified atom stereocenters. The fraction of sp³-hybridized carbons (Fsp3) is 0.238. The van der Waals surface area contributed by atoms with E-state index in [-0.39, 0.29) is 24.0 Å². The van der Waals surface area contributed by atoms with Crippen LogP contribution < -0.4 is 10.6 Å². The first-order valence-corrected chi connectivity index (χ1v) is 9.48. The number of nitrogens with one attached hydrogen (secondary N) is 2. The Labute approximate surface area is 193 Å². The van der Waals surface area contributed by atoms with Crippen LogP contribution >= 0.6 is 35.6 Å². The lowest BCUT2D eigenvalue weighted by atomic mass is 10.2. The second-order valence-corrected chi connectivity index (χ2v) is 6.60. The molecule has 1 aromatic heterocycles. The highest BCUT2D eigenvalue weighted by atomic mass is 127. The topological polar surface area (TPSA) is 63.5 Å². The first-order valence-electron chi connectivity index (χ1n) is 9.10. The quantitative estimate of drug-likeness (QED) is 0.202. The Bertz CT molecular complexity index is 884. The monoisotopic (exact) mass is 525 g/mol. The maximum atomic E-state index is 5.93. The van der Waals surface area contributed by atoms with E-state index in [9.17, 15) is 0 Å². The van der Waals surface area contributed by atoms with Crippen LogP contribution in [0, 0.1) is 0 Å². The van der Waals surface area contributed by atoms with Crippen LogP contribution in [0.3, 0.4) is 0 Å². The zero-order valence-corrected chi connectivity index (χ0v) is 19.3. The Balaban J connectivity index is 0.00000300. The Morgan fingerprint density at radius 1 is 1.07 bits per heavy atom. The van der Waals surface area contributed by atoms with Gasteiger partial charge in [0.15, 0.2) is 5.96 Å². The Morgan fingerprint density at radius 3 is 2.55 bits per heavy atom. The number of ether oxygens (including phenoxy) is 1. The number of hydrogen-bond acceptors (Lipinski definition) is 3. The van der Waals surface area contributed by atoms with Gasteiger partial charge < -0.3 is 15.4 Å². The van der Waals surface area contributed by atoms with Crippen LogP contribution in [0.15, 0.2) is 72.0 Å². The summed E-state index contributed by atoms with van der Waals surface area (Å²) in [6.45, 7) is 2.51. The van der Waals surface area contributed by atoms with Crippen molar-refractivity contribution in [1.29, 1.82) is 0 Å². The fourth-order valence-electron chi connectivity index (χ4n) is 2.60. The SMILES string of the molecule is CN=C(NCCOCc1ccccc1)NCc1cnn(-c2ccc(Cl)cc2)c1.I. The summed E-state index contributed by atoms with van der Waals surface area (Å²) in [5.74, 6) is 0.725. The number of benzene rings is 2. The molecule has 0 aliphatic carbocycles. The van der Waals surface area contributed by atoms with Crippen LogP contribution in [0.25, 0.3) is 5.69 Å². The van der Waals surface area contributed by atoms with Crippen molar-refractivity contribution in [3.63, 3.8) is 0 Å². The molecule has 0 amide bonds. The maximum Gasteiger partial charge on any atom is 0.191 e. The minimum atomic E-state index is 0. The molecule has 6 nitrogen and oxygen atoms in total. The summed E-state index contributed by atoms with van der Waals surface area (Å²) in [6.07, 6.45) is 3.81. The first kappa shape index (κ1) is 23.2. The second kappa shape index (κ2) is 12.5. The number of halogens is 2.